The van der Waals surface area contributed by atoms with Gasteiger partial charge in [-0.2, -0.15) is 0 Å². The zero-order valence-electron chi connectivity index (χ0n) is 9.84. The maximum Gasteiger partial charge on any atom is 0.333 e. The van der Waals surface area contributed by atoms with Gasteiger partial charge in [-0.3, -0.25) is 0 Å². The molecule has 0 bridgehead atoms. The molecule has 0 radical (unpaired) electrons. The standard InChI is InChI=1S/C12H20O3/c1-5-10(15-11(13)9(3)4)12(6-2)7-14-8-12/h10H,3,5-8H2,1-2,4H3. The van der Waals surface area contributed by atoms with Crippen LogP contribution in [-0.2, 0) is 14.3 Å². The summed E-state index contributed by atoms with van der Waals surface area (Å²) in [7, 11) is 0. The van der Waals surface area contributed by atoms with Crippen molar-refractivity contribution in [1.29, 1.82) is 0 Å². The quantitative estimate of drug-likeness (QED) is 0.518. The molecule has 0 aromatic rings. The van der Waals surface area contributed by atoms with Gasteiger partial charge in [0, 0.05) is 5.57 Å². The van der Waals surface area contributed by atoms with Crippen LogP contribution in [0.5, 0.6) is 0 Å². The largest absolute Gasteiger partial charge is 0.458 e. The van der Waals surface area contributed by atoms with Crippen LogP contribution in [0.3, 0.4) is 0 Å². The van der Waals surface area contributed by atoms with Crippen LogP contribution >= 0.6 is 0 Å². The van der Waals surface area contributed by atoms with Crippen LogP contribution in [0.25, 0.3) is 0 Å². The van der Waals surface area contributed by atoms with Crippen molar-refractivity contribution in [1.82, 2.24) is 0 Å². The zero-order valence-corrected chi connectivity index (χ0v) is 9.84. The third-order valence-electron chi connectivity index (χ3n) is 3.13. The number of hydrogen-bond donors (Lipinski definition) is 0. The average Bonchev–Trinajstić information content (AvgIpc) is 2.14. The van der Waals surface area contributed by atoms with Crippen LogP contribution in [0, 0.1) is 5.41 Å². The van der Waals surface area contributed by atoms with Gasteiger partial charge >= 0.3 is 5.97 Å². The maximum absolute atomic E-state index is 11.5. The lowest BCUT2D eigenvalue weighted by atomic mass is 9.76. The van der Waals surface area contributed by atoms with Gasteiger partial charge in [-0.05, 0) is 19.8 Å². The van der Waals surface area contributed by atoms with Gasteiger partial charge in [-0.25, -0.2) is 4.79 Å². The minimum atomic E-state index is -0.290. The summed E-state index contributed by atoms with van der Waals surface area (Å²) in [5, 5.41) is 0. The Balaban J connectivity index is 2.62. The maximum atomic E-state index is 11.5. The highest BCUT2D eigenvalue weighted by molar-refractivity contribution is 5.87. The predicted molar refractivity (Wildman–Crippen MR) is 58.5 cm³/mol. The number of rotatable bonds is 5. The van der Waals surface area contributed by atoms with E-state index < -0.39 is 0 Å². The molecule has 1 aliphatic rings. The first-order chi connectivity index (χ1) is 7.05. The first-order valence-electron chi connectivity index (χ1n) is 5.50. The van der Waals surface area contributed by atoms with Gasteiger partial charge < -0.3 is 9.47 Å². The lowest BCUT2D eigenvalue weighted by molar-refractivity contribution is -0.194. The molecule has 3 heteroatoms. The van der Waals surface area contributed by atoms with Gasteiger partial charge in [-0.1, -0.05) is 20.4 Å². The molecule has 0 spiro atoms. The molecule has 1 heterocycles. The molecule has 86 valence electrons. The number of hydrogen-bond acceptors (Lipinski definition) is 3. The van der Waals surface area contributed by atoms with E-state index in [1.54, 1.807) is 6.92 Å². The van der Waals surface area contributed by atoms with Crippen LogP contribution in [-0.4, -0.2) is 25.3 Å². The summed E-state index contributed by atoms with van der Waals surface area (Å²) in [6.07, 6.45) is 1.77. The fourth-order valence-electron chi connectivity index (χ4n) is 1.85. The summed E-state index contributed by atoms with van der Waals surface area (Å²) >= 11 is 0. The molecule has 1 saturated heterocycles. The van der Waals surface area contributed by atoms with Crippen molar-refractivity contribution < 1.29 is 14.3 Å². The van der Waals surface area contributed by atoms with E-state index >= 15 is 0 Å². The van der Waals surface area contributed by atoms with E-state index in [0.717, 1.165) is 12.8 Å². The van der Waals surface area contributed by atoms with Crippen LogP contribution in [0.2, 0.25) is 0 Å². The number of ether oxygens (including phenoxy) is 2. The Morgan fingerprint density at radius 2 is 2.13 bits per heavy atom. The van der Waals surface area contributed by atoms with Crippen LogP contribution in [0.4, 0.5) is 0 Å². The monoisotopic (exact) mass is 212 g/mol. The molecule has 0 aliphatic carbocycles. The van der Waals surface area contributed by atoms with E-state index in [2.05, 4.69) is 13.5 Å². The Morgan fingerprint density at radius 3 is 2.40 bits per heavy atom. The average molecular weight is 212 g/mol. The van der Waals surface area contributed by atoms with E-state index in [0.29, 0.717) is 18.8 Å². The van der Waals surface area contributed by atoms with Crippen molar-refractivity contribution in [3.05, 3.63) is 12.2 Å². The molecule has 15 heavy (non-hydrogen) atoms. The predicted octanol–water partition coefficient (Wildman–Crippen LogP) is 2.31. The summed E-state index contributed by atoms with van der Waals surface area (Å²) < 4.78 is 10.7. The lowest BCUT2D eigenvalue weighted by Crippen LogP contribution is -2.52. The van der Waals surface area contributed by atoms with E-state index in [-0.39, 0.29) is 17.5 Å². The van der Waals surface area contributed by atoms with E-state index in [9.17, 15) is 4.79 Å². The van der Waals surface area contributed by atoms with E-state index in [1.165, 1.54) is 0 Å². The number of carbonyl (C=O) groups is 1. The third-order valence-corrected chi connectivity index (χ3v) is 3.13. The van der Waals surface area contributed by atoms with E-state index in [1.807, 2.05) is 6.92 Å². The van der Waals surface area contributed by atoms with E-state index in [4.69, 9.17) is 9.47 Å². The van der Waals surface area contributed by atoms with Gasteiger partial charge in [0.2, 0.25) is 0 Å². The highest BCUT2D eigenvalue weighted by Crippen LogP contribution is 2.38. The van der Waals surface area contributed by atoms with Gasteiger partial charge in [0.1, 0.15) is 6.10 Å². The molecule has 1 aliphatic heterocycles. The first kappa shape index (κ1) is 12.2. The van der Waals surface area contributed by atoms with Gasteiger partial charge in [-0.15, -0.1) is 0 Å². The van der Waals surface area contributed by atoms with Crippen LogP contribution in [0.1, 0.15) is 33.6 Å². The molecule has 0 amide bonds. The van der Waals surface area contributed by atoms with Gasteiger partial charge in [0.05, 0.1) is 18.6 Å². The number of carbonyl (C=O) groups excluding carboxylic acids is 1. The van der Waals surface area contributed by atoms with Crippen LogP contribution in [0.15, 0.2) is 12.2 Å². The second-order valence-electron chi connectivity index (χ2n) is 4.29. The van der Waals surface area contributed by atoms with Crippen molar-refractivity contribution >= 4 is 5.97 Å². The zero-order chi connectivity index (χ0) is 11.5. The molecule has 1 rings (SSSR count). The van der Waals surface area contributed by atoms with Crippen molar-refractivity contribution in [2.45, 2.75) is 39.7 Å². The molecular formula is C12H20O3. The summed E-state index contributed by atoms with van der Waals surface area (Å²) in [4.78, 5) is 11.5. The lowest BCUT2D eigenvalue weighted by Gasteiger charge is -2.45. The molecule has 1 unspecified atom stereocenters. The van der Waals surface area contributed by atoms with Crippen molar-refractivity contribution in [3.63, 3.8) is 0 Å². The smallest absolute Gasteiger partial charge is 0.333 e. The van der Waals surface area contributed by atoms with Crippen molar-refractivity contribution in [2.75, 3.05) is 13.2 Å². The molecule has 0 aromatic carbocycles. The third kappa shape index (κ3) is 2.40. The molecule has 0 saturated carbocycles. The molecule has 1 fully saturated rings. The summed E-state index contributed by atoms with van der Waals surface area (Å²) in [5.41, 5.74) is 0.500. The normalized spacial score (nSPS) is 20.2. The topological polar surface area (TPSA) is 35.5 Å². The Bertz CT molecular complexity index is 248. The molecule has 0 N–H and O–H groups in total. The summed E-state index contributed by atoms with van der Waals surface area (Å²) in [6, 6.07) is 0. The second-order valence-corrected chi connectivity index (χ2v) is 4.29. The van der Waals surface area contributed by atoms with Gasteiger partial charge in [0.25, 0.3) is 0 Å². The molecule has 0 aromatic heterocycles. The summed E-state index contributed by atoms with van der Waals surface area (Å²) in [5.74, 6) is -0.290. The Labute approximate surface area is 91.4 Å². The van der Waals surface area contributed by atoms with Crippen molar-refractivity contribution in [3.8, 4) is 0 Å². The fourth-order valence-corrected chi connectivity index (χ4v) is 1.85. The highest BCUT2D eigenvalue weighted by atomic mass is 16.6. The molecule has 1 atom stereocenters. The van der Waals surface area contributed by atoms with Gasteiger partial charge in [0.15, 0.2) is 0 Å². The Morgan fingerprint density at radius 1 is 1.53 bits per heavy atom. The van der Waals surface area contributed by atoms with Crippen molar-refractivity contribution in [2.24, 2.45) is 5.41 Å². The Hall–Kier alpha value is -0.830. The number of esters is 1. The highest BCUT2D eigenvalue weighted by Gasteiger charge is 2.45. The van der Waals surface area contributed by atoms with Crippen LogP contribution < -0.4 is 0 Å². The Kier molecular flexibility index (Phi) is 3.91. The summed E-state index contributed by atoms with van der Waals surface area (Å²) in [6.45, 7) is 10.8. The minimum Gasteiger partial charge on any atom is -0.458 e. The minimum absolute atomic E-state index is 0.0413. The SMILES string of the molecule is C=C(C)C(=O)OC(CC)C1(CC)COC1. The molecular weight excluding hydrogens is 192 g/mol. The fraction of sp³-hybridized carbons (Fsp3) is 0.750. The second kappa shape index (κ2) is 4.79. The first-order valence-corrected chi connectivity index (χ1v) is 5.50. The molecule has 3 nitrogen and oxygen atoms in total.